The van der Waals surface area contributed by atoms with Crippen molar-refractivity contribution in [2.45, 2.75) is 25.8 Å². The Kier molecular flexibility index (Phi) is 2.88. The van der Waals surface area contributed by atoms with Crippen molar-refractivity contribution < 1.29 is 0 Å². The molecule has 106 valence electrons. The molecule has 0 radical (unpaired) electrons. The van der Waals surface area contributed by atoms with Gasteiger partial charge in [0.1, 0.15) is 11.3 Å². The zero-order chi connectivity index (χ0) is 14.2. The van der Waals surface area contributed by atoms with Crippen LogP contribution in [0.5, 0.6) is 0 Å². The summed E-state index contributed by atoms with van der Waals surface area (Å²) in [6, 6.07) is 10.6. The molecule has 0 amide bonds. The smallest absolute Gasteiger partial charge is 0.110 e. The molecule has 4 heteroatoms. The van der Waals surface area contributed by atoms with Crippen LogP contribution in [-0.4, -0.2) is 21.1 Å². The first-order valence-electron chi connectivity index (χ1n) is 7.48. The van der Waals surface area contributed by atoms with E-state index in [1.165, 1.54) is 16.8 Å². The van der Waals surface area contributed by atoms with Crippen LogP contribution in [0.4, 0.5) is 5.69 Å². The van der Waals surface area contributed by atoms with Crippen LogP contribution in [0.15, 0.2) is 42.7 Å². The van der Waals surface area contributed by atoms with Crippen LogP contribution in [-0.2, 0) is 13.0 Å². The molecule has 1 aliphatic rings. The average Bonchev–Trinajstić information content (AvgIpc) is 3.09. The Hall–Kier alpha value is -2.36. The van der Waals surface area contributed by atoms with Gasteiger partial charge in [0.05, 0.1) is 11.7 Å². The standard InChI is InChI=1S/C17H18N4/c1-2-21-16-7-8-18-11-15(16)20-17(21)9-12-10-19-14-6-4-3-5-13(12)14/h3-8,11-12,19H,2,9-10H2,1H3. The number of anilines is 1. The summed E-state index contributed by atoms with van der Waals surface area (Å²) < 4.78 is 2.30. The summed E-state index contributed by atoms with van der Waals surface area (Å²) in [6.07, 6.45) is 4.66. The molecule has 2 aromatic heterocycles. The molecular weight excluding hydrogens is 260 g/mol. The maximum absolute atomic E-state index is 4.79. The van der Waals surface area contributed by atoms with E-state index in [1.54, 1.807) is 0 Å². The van der Waals surface area contributed by atoms with Gasteiger partial charge < -0.3 is 9.88 Å². The first kappa shape index (κ1) is 12.4. The van der Waals surface area contributed by atoms with Crippen molar-refractivity contribution in [3.8, 4) is 0 Å². The predicted octanol–water partition coefficient (Wildman–Crippen LogP) is 3.20. The SMILES string of the molecule is CCn1c(CC2CNc3ccccc32)nc2cnccc21. The Morgan fingerprint density at radius 1 is 1.29 bits per heavy atom. The Morgan fingerprint density at radius 3 is 3.10 bits per heavy atom. The minimum absolute atomic E-state index is 0.497. The lowest BCUT2D eigenvalue weighted by molar-refractivity contribution is 0.652. The summed E-state index contributed by atoms with van der Waals surface area (Å²) in [6.45, 7) is 4.11. The summed E-state index contributed by atoms with van der Waals surface area (Å²) >= 11 is 0. The third kappa shape index (κ3) is 1.98. The quantitative estimate of drug-likeness (QED) is 0.800. The third-order valence-electron chi connectivity index (χ3n) is 4.31. The number of benzene rings is 1. The third-order valence-corrected chi connectivity index (χ3v) is 4.31. The lowest BCUT2D eigenvalue weighted by atomic mass is 9.97. The number of hydrogen-bond donors (Lipinski definition) is 1. The fourth-order valence-corrected chi connectivity index (χ4v) is 3.30. The summed E-state index contributed by atoms with van der Waals surface area (Å²) in [5.41, 5.74) is 4.85. The van der Waals surface area contributed by atoms with Crippen LogP contribution in [0.25, 0.3) is 11.0 Å². The summed E-state index contributed by atoms with van der Waals surface area (Å²) in [7, 11) is 0. The molecule has 0 aliphatic carbocycles. The van der Waals surface area contributed by atoms with E-state index in [2.05, 4.69) is 52.1 Å². The fourth-order valence-electron chi connectivity index (χ4n) is 3.30. The van der Waals surface area contributed by atoms with E-state index in [1.807, 2.05) is 12.4 Å². The number of imidazole rings is 1. The molecule has 3 aromatic rings. The van der Waals surface area contributed by atoms with Crippen molar-refractivity contribution >= 4 is 16.7 Å². The van der Waals surface area contributed by atoms with E-state index < -0.39 is 0 Å². The van der Waals surface area contributed by atoms with Crippen molar-refractivity contribution in [1.82, 2.24) is 14.5 Å². The maximum atomic E-state index is 4.79. The second-order valence-corrected chi connectivity index (χ2v) is 5.51. The molecule has 1 N–H and O–H groups in total. The van der Waals surface area contributed by atoms with Gasteiger partial charge in [-0.15, -0.1) is 0 Å². The van der Waals surface area contributed by atoms with Crippen LogP contribution < -0.4 is 5.32 Å². The number of aryl methyl sites for hydroxylation is 1. The molecule has 21 heavy (non-hydrogen) atoms. The van der Waals surface area contributed by atoms with Crippen LogP contribution >= 0.6 is 0 Å². The molecule has 0 spiro atoms. The van der Waals surface area contributed by atoms with E-state index in [0.29, 0.717) is 5.92 Å². The lowest BCUT2D eigenvalue weighted by Crippen LogP contribution is -2.10. The van der Waals surface area contributed by atoms with Gasteiger partial charge in [0.2, 0.25) is 0 Å². The molecule has 4 nitrogen and oxygen atoms in total. The molecule has 1 aliphatic heterocycles. The Balaban J connectivity index is 1.72. The lowest BCUT2D eigenvalue weighted by Gasteiger charge is -2.11. The van der Waals surface area contributed by atoms with Gasteiger partial charge in [0, 0.05) is 37.3 Å². The minimum Gasteiger partial charge on any atom is -0.384 e. The number of pyridine rings is 1. The van der Waals surface area contributed by atoms with Crippen molar-refractivity contribution in [2.24, 2.45) is 0 Å². The molecule has 4 rings (SSSR count). The minimum atomic E-state index is 0.497. The summed E-state index contributed by atoms with van der Waals surface area (Å²) in [5, 5.41) is 3.49. The van der Waals surface area contributed by atoms with E-state index in [4.69, 9.17) is 4.98 Å². The van der Waals surface area contributed by atoms with Crippen LogP contribution in [0.3, 0.4) is 0 Å². The zero-order valence-electron chi connectivity index (χ0n) is 12.1. The number of nitrogens with zero attached hydrogens (tertiary/aromatic N) is 3. The van der Waals surface area contributed by atoms with Gasteiger partial charge in [-0.05, 0) is 24.6 Å². The van der Waals surface area contributed by atoms with E-state index in [-0.39, 0.29) is 0 Å². The van der Waals surface area contributed by atoms with Crippen LogP contribution in [0, 0.1) is 0 Å². The molecule has 1 atom stereocenters. The molecule has 0 fully saturated rings. The molecule has 3 heterocycles. The zero-order valence-corrected chi connectivity index (χ0v) is 12.1. The van der Waals surface area contributed by atoms with Gasteiger partial charge in [-0.25, -0.2) is 4.98 Å². The number of aromatic nitrogens is 3. The molecule has 0 bridgehead atoms. The van der Waals surface area contributed by atoms with E-state index in [9.17, 15) is 0 Å². The van der Waals surface area contributed by atoms with E-state index >= 15 is 0 Å². The highest BCUT2D eigenvalue weighted by atomic mass is 15.1. The maximum Gasteiger partial charge on any atom is 0.110 e. The first-order valence-corrected chi connectivity index (χ1v) is 7.48. The summed E-state index contributed by atoms with van der Waals surface area (Å²) in [5.74, 6) is 1.65. The van der Waals surface area contributed by atoms with Gasteiger partial charge in [-0.1, -0.05) is 18.2 Å². The molecule has 1 unspecified atom stereocenters. The topological polar surface area (TPSA) is 42.7 Å². The molecule has 0 saturated heterocycles. The molecule has 0 saturated carbocycles. The van der Waals surface area contributed by atoms with Crippen LogP contribution in [0.2, 0.25) is 0 Å². The largest absolute Gasteiger partial charge is 0.384 e. The monoisotopic (exact) mass is 278 g/mol. The normalized spacial score (nSPS) is 16.9. The van der Waals surface area contributed by atoms with Crippen LogP contribution in [0.1, 0.15) is 24.2 Å². The number of para-hydroxylation sites is 1. The fraction of sp³-hybridized carbons (Fsp3) is 0.294. The van der Waals surface area contributed by atoms with Gasteiger partial charge in [0.15, 0.2) is 0 Å². The number of fused-ring (bicyclic) bond motifs is 2. The second-order valence-electron chi connectivity index (χ2n) is 5.51. The van der Waals surface area contributed by atoms with Crippen molar-refractivity contribution in [3.05, 3.63) is 54.1 Å². The Morgan fingerprint density at radius 2 is 2.19 bits per heavy atom. The van der Waals surface area contributed by atoms with Gasteiger partial charge in [0.25, 0.3) is 0 Å². The Bertz CT molecular complexity index is 790. The van der Waals surface area contributed by atoms with Crippen molar-refractivity contribution in [1.29, 1.82) is 0 Å². The second kappa shape index (κ2) is 4.88. The predicted molar refractivity (Wildman–Crippen MR) is 84.6 cm³/mol. The Labute approximate surface area is 123 Å². The van der Waals surface area contributed by atoms with Crippen molar-refractivity contribution in [2.75, 3.05) is 11.9 Å². The number of nitrogens with one attached hydrogen (secondary N) is 1. The molecule has 1 aromatic carbocycles. The highest BCUT2D eigenvalue weighted by Crippen LogP contribution is 2.33. The summed E-state index contributed by atoms with van der Waals surface area (Å²) in [4.78, 5) is 8.97. The highest BCUT2D eigenvalue weighted by molar-refractivity contribution is 5.74. The highest BCUT2D eigenvalue weighted by Gasteiger charge is 2.24. The van der Waals surface area contributed by atoms with Gasteiger partial charge in [-0.2, -0.15) is 0 Å². The number of hydrogen-bond acceptors (Lipinski definition) is 3. The van der Waals surface area contributed by atoms with Gasteiger partial charge in [-0.3, -0.25) is 4.98 Å². The molecular formula is C17H18N4. The van der Waals surface area contributed by atoms with E-state index in [0.717, 1.165) is 30.9 Å². The van der Waals surface area contributed by atoms with Gasteiger partial charge >= 0.3 is 0 Å². The number of rotatable bonds is 3. The first-order chi connectivity index (χ1) is 10.4. The van der Waals surface area contributed by atoms with Crippen molar-refractivity contribution in [3.63, 3.8) is 0 Å². The average molecular weight is 278 g/mol.